The average molecular weight is 426 g/mol. The average Bonchev–Trinajstić information content (AvgIpc) is 3.08. The summed E-state index contributed by atoms with van der Waals surface area (Å²) in [6.07, 6.45) is 11.7. The lowest BCUT2D eigenvalue weighted by Gasteiger charge is -2.41. The molecule has 0 spiro atoms. The van der Waals surface area contributed by atoms with Gasteiger partial charge >= 0.3 is 6.03 Å². The smallest absolute Gasteiger partial charge is 0.328 e. The van der Waals surface area contributed by atoms with Gasteiger partial charge in [0.15, 0.2) is 0 Å². The number of amides is 3. The number of hydrogen-bond donors (Lipinski definition) is 1. The molecule has 2 aliphatic rings. The Hall–Kier alpha value is -2.41. The van der Waals surface area contributed by atoms with Crippen LogP contribution in [0.2, 0.25) is 0 Å². The van der Waals surface area contributed by atoms with Crippen LogP contribution in [-0.2, 0) is 4.79 Å². The number of anilines is 1. The molecule has 31 heavy (non-hydrogen) atoms. The molecule has 0 unspecified atom stereocenters. The predicted octanol–water partition coefficient (Wildman–Crippen LogP) is 4.25. The number of hydrogen-bond acceptors (Lipinski definition) is 4. The van der Waals surface area contributed by atoms with Gasteiger partial charge in [0.25, 0.3) is 0 Å². The van der Waals surface area contributed by atoms with Crippen molar-refractivity contribution in [3.8, 4) is 0 Å². The molecule has 0 radical (unpaired) electrons. The van der Waals surface area contributed by atoms with E-state index in [1.54, 1.807) is 11.1 Å². The van der Waals surface area contributed by atoms with Crippen molar-refractivity contribution in [2.45, 2.75) is 64.8 Å². The minimum Gasteiger partial charge on any atom is -0.329 e. The minimum absolute atomic E-state index is 0.219. The first-order valence-electron chi connectivity index (χ1n) is 11.6. The van der Waals surface area contributed by atoms with Crippen LogP contribution in [0, 0.1) is 12.3 Å². The van der Waals surface area contributed by atoms with E-state index in [0.717, 1.165) is 23.3 Å². The van der Waals surface area contributed by atoms with Gasteiger partial charge in [0.1, 0.15) is 5.65 Å². The molecule has 1 aliphatic carbocycles. The first-order chi connectivity index (χ1) is 14.8. The van der Waals surface area contributed by atoms with E-state index in [4.69, 9.17) is 4.98 Å². The lowest BCUT2D eigenvalue weighted by molar-refractivity contribution is -0.120. The van der Waals surface area contributed by atoms with E-state index in [0.29, 0.717) is 24.4 Å². The van der Waals surface area contributed by atoms with Crippen LogP contribution >= 0.6 is 0 Å². The van der Waals surface area contributed by atoms with Gasteiger partial charge in [0, 0.05) is 30.6 Å². The second kappa shape index (κ2) is 8.61. The number of rotatable bonds is 6. The van der Waals surface area contributed by atoms with Crippen LogP contribution in [0.5, 0.6) is 0 Å². The summed E-state index contributed by atoms with van der Waals surface area (Å²) >= 11 is 0. The number of imide groups is 1. The second-order valence-electron chi connectivity index (χ2n) is 9.68. The summed E-state index contributed by atoms with van der Waals surface area (Å²) in [5, 5.41) is 3.48. The quantitative estimate of drug-likeness (QED) is 0.751. The number of aromatic nitrogens is 2. The Balaban J connectivity index is 1.53. The number of pyridine rings is 1. The van der Waals surface area contributed by atoms with Gasteiger partial charge in [-0.15, -0.1) is 0 Å². The fraction of sp³-hybridized carbons (Fsp3) is 0.625. The van der Waals surface area contributed by atoms with E-state index in [2.05, 4.69) is 48.9 Å². The first kappa shape index (κ1) is 21.8. The van der Waals surface area contributed by atoms with E-state index >= 15 is 0 Å². The number of carbonyl (C=O) groups excluding carboxylic acids is 2. The van der Waals surface area contributed by atoms with Crippen molar-refractivity contribution in [1.82, 2.24) is 19.8 Å². The summed E-state index contributed by atoms with van der Waals surface area (Å²) in [6, 6.07) is 2.15. The highest BCUT2D eigenvalue weighted by Gasteiger charge is 2.34. The van der Waals surface area contributed by atoms with Crippen molar-refractivity contribution in [2.24, 2.45) is 5.41 Å². The van der Waals surface area contributed by atoms with Gasteiger partial charge in [-0.2, -0.15) is 0 Å². The van der Waals surface area contributed by atoms with Crippen LogP contribution in [0.3, 0.4) is 0 Å². The fourth-order valence-electron chi connectivity index (χ4n) is 5.25. The van der Waals surface area contributed by atoms with E-state index in [9.17, 15) is 9.59 Å². The van der Waals surface area contributed by atoms with Crippen LogP contribution in [0.1, 0.15) is 63.5 Å². The molecule has 0 atom stereocenters. The van der Waals surface area contributed by atoms with Gasteiger partial charge in [0.2, 0.25) is 5.91 Å². The van der Waals surface area contributed by atoms with Crippen molar-refractivity contribution in [3.05, 3.63) is 24.0 Å². The Morgan fingerprint density at radius 2 is 2.00 bits per heavy atom. The van der Waals surface area contributed by atoms with Crippen LogP contribution in [0.4, 0.5) is 10.5 Å². The molecule has 168 valence electrons. The summed E-state index contributed by atoms with van der Waals surface area (Å²) in [6.45, 7) is 6.01. The largest absolute Gasteiger partial charge is 0.329 e. The predicted molar refractivity (Wildman–Crippen MR) is 123 cm³/mol. The molecule has 1 N–H and O–H groups in total. The molecule has 7 nitrogen and oxygen atoms in total. The molecule has 0 bridgehead atoms. The summed E-state index contributed by atoms with van der Waals surface area (Å²) in [5.41, 5.74) is 3.39. The maximum atomic E-state index is 12.2. The van der Waals surface area contributed by atoms with Gasteiger partial charge in [0.05, 0.1) is 11.9 Å². The molecule has 1 saturated carbocycles. The van der Waals surface area contributed by atoms with E-state index in [1.807, 2.05) is 6.07 Å². The standard InChI is InChI=1S/C24H35N5O2/c1-5-24(11-13-27(3)4)9-6-18(7-10-24)29-16-17(2)20-14-19(15-25-22(20)29)28-12-8-21(30)26-23(28)31/h14-16,18H,5-13H2,1-4H3,(H,26,30,31). The highest BCUT2D eigenvalue weighted by atomic mass is 16.2. The van der Waals surface area contributed by atoms with Crippen molar-refractivity contribution in [1.29, 1.82) is 0 Å². The van der Waals surface area contributed by atoms with Crippen LogP contribution in [-0.4, -0.2) is 53.6 Å². The van der Waals surface area contributed by atoms with Crippen molar-refractivity contribution < 1.29 is 9.59 Å². The Labute approximate surface area is 184 Å². The SMILES string of the molecule is CCC1(CCN(C)C)CCC(n2cc(C)c3cc(N4CCC(=O)NC4=O)cnc32)CC1. The lowest BCUT2D eigenvalue weighted by Crippen LogP contribution is -2.49. The number of fused-ring (bicyclic) bond motifs is 1. The van der Waals surface area contributed by atoms with Gasteiger partial charge in [-0.25, -0.2) is 9.78 Å². The van der Waals surface area contributed by atoms with Gasteiger partial charge in [-0.05, 0) is 76.7 Å². The lowest BCUT2D eigenvalue weighted by atomic mass is 9.68. The third kappa shape index (κ3) is 4.33. The van der Waals surface area contributed by atoms with Crippen molar-refractivity contribution in [3.63, 3.8) is 0 Å². The third-order valence-corrected chi connectivity index (χ3v) is 7.47. The number of carbonyl (C=O) groups is 2. The molecule has 3 amide bonds. The van der Waals surface area contributed by atoms with Crippen molar-refractivity contribution in [2.75, 3.05) is 32.1 Å². The Bertz CT molecular complexity index is 972. The monoisotopic (exact) mass is 425 g/mol. The zero-order chi connectivity index (χ0) is 22.2. The molecule has 0 aromatic carbocycles. The third-order valence-electron chi connectivity index (χ3n) is 7.47. The number of aryl methyl sites for hydroxylation is 1. The number of nitrogens with zero attached hydrogens (tertiary/aromatic N) is 4. The number of urea groups is 1. The van der Waals surface area contributed by atoms with Gasteiger partial charge in [-0.1, -0.05) is 13.3 Å². The van der Waals surface area contributed by atoms with E-state index in [-0.39, 0.29) is 11.9 Å². The van der Waals surface area contributed by atoms with Crippen molar-refractivity contribution >= 4 is 28.7 Å². The molecule has 1 aliphatic heterocycles. The van der Waals surface area contributed by atoms with Gasteiger partial charge in [-0.3, -0.25) is 15.0 Å². The highest BCUT2D eigenvalue weighted by molar-refractivity contribution is 6.06. The van der Waals surface area contributed by atoms with E-state index in [1.165, 1.54) is 44.1 Å². The van der Waals surface area contributed by atoms with E-state index < -0.39 is 0 Å². The molecule has 2 fully saturated rings. The Morgan fingerprint density at radius 3 is 2.65 bits per heavy atom. The summed E-state index contributed by atoms with van der Waals surface area (Å²) in [7, 11) is 4.32. The molecule has 1 saturated heterocycles. The molecule has 2 aromatic rings. The second-order valence-corrected chi connectivity index (χ2v) is 9.68. The first-order valence-corrected chi connectivity index (χ1v) is 11.6. The normalized spacial score (nSPS) is 24.8. The maximum Gasteiger partial charge on any atom is 0.328 e. The minimum atomic E-state index is -0.365. The maximum absolute atomic E-state index is 12.2. The van der Waals surface area contributed by atoms with Crippen LogP contribution < -0.4 is 10.2 Å². The topological polar surface area (TPSA) is 70.5 Å². The molecular weight excluding hydrogens is 390 g/mol. The van der Waals surface area contributed by atoms with Crippen LogP contribution in [0.25, 0.3) is 11.0 Å². The summed E-state index contributed by atoms with van der Waals surface area (Å²) in [4.78, 5) is 32.4. The molecular formula is C24H35N5O2. The molecule has 4 rings (SSSR count). The Kier molecular flexibility index (Phi) is 6.06. The highest BCUT2D eigenvalue weighted by Crippen LogP contribution is 2.46. The number of nitrogens with one attached hydrogen (secondary N) is 1. The summed E-state index contributed by atoms with van der Waals surface area (Å²) < 4.78 is 2.36. The fourth-order valence-corrected chi connectivity index (χ4v) is 5.25. The molecule has 2 aromatic heterocycles. The van der Waals surface area contributed by atoms with Gasteiger partial charge < -0.3 is 9.47 Å². The summed E-state index contributed by atoms with van der Waals surface area (Å²) in [5.74, 6) is -0.219. The Morgan fingerprint density at radius 1 is 1.26 bits per heavy atom. The molecule has 7 heteroatoms. The van der Waals surface area contributed by atoms with Crippen LogP contribution in [0.15, 0.2) is 18.5 Å². The zero-order valence-corrected chi connectivity index (χ0v) is 19.3. The molecule has 3 heterocycles. The zero-order valence-electron chi connectivity index (χ0n) is 19.3.